The Morgan fingerprint density at radius 1 is 0.237 bits per heavy atom. The fourth-order valence-electron chi connectivity index (χ4n) is 10.6. The maximum absolute atomic E-state index is 14.6. The molecule has 11 atom stereocenters. The van der Waals surface area contributed by atoms with Crippen molar-refractivity contribution >= 4 is 65.0 Å². The van der Waals surface area contributed by atoms with Crippen LogP contribution in [0.1, 0.15) is 219 Å². The highest BCUT2D eigenvalue weighted by Gasteiger charge is 2.37. The van der Waals surface area contributed by atoms with Crippen LogP contribution in [-0.4, -0.2) is 158 Å². The zero-order valence-corrected chi connectivity index (χ0v) is 59.1. The molecule has 0 rings (SSSR count). The summed E-state index contributed by atoms with van der Waals surface area (Å²) >= 11 is 0. The van der Waals surface area contributed by atoms with Crippen LogP contribution in [0.3, 0.4) is 0 Å². The molecule has 538 valence electrons. The number of hydrogen-bond acceptors (Lipinski definition) is 16. The van der Waals surface area contributed by atoms with Gasteiger partial charge in [0, 0.05) is 0 Å². The van der Waals surface area contributed by atoms with Crippen molar-refractivity contribution in [3.05, 3.63) is 0 Å². The quantitative estimate of drug-likeness (QED) is 0.0384. The standard InChI is InChI=1S/C66H128N16O11/c1-38(2)31-49(56(72)83)76-63(90)52(34-41(7)8)82-66(93)55(37-44(13)14)79-60(87)48(26-18-22-30-70)75-62(89)51(33-40(5)6)81-65(92)54(36-43(11)12)78-59(86)47(25-17-21-29-69)74-61(88)50(32-39(3)4)80-64(91)53(35-42(9)10)77-58(85)46(24-16-20-28-68)73-57(84)45(71)23-15-19-27-67/h38-55H,15-37,67-71H2,1-14H3,(H2,72,83)(H,73,84)(H,74,88)(H,75,89)(H,76,90)(H,77,85)(H,78,86)(H,79,87)(H,80,91)(H,81,92)(H,82,93)/t45-,46-,47+,48-,49-,50-,51+,52-,53-,54+,55-/m0/s1. The highest BCUT2D eigenvalue weighted by atomic mass is 16.2. The van der Waals surface area contributed by atoms with Gasteiger partial charge in [-0.2, -0.15) is 0 Å². The summed E-state index contributed by atoms with van der Waals surface area (Å²) in [4.78, 5) is 154. The van der Waals surface area contributed by atoms with Crippen LogP contribution in [0, 0.1) is 41.4 Å². The molecule has 11 amide bonds. The third kappa shape index (κ3) is 38.2. The first kappa shape index (κ1) is 87.0. The minimum Gasteiger partial charge on any atom is -0.368 e. The zero-order chi connectivity index (χ0) is 71.1. The summed E-state index contributed by atoms with van der Waals surface area (Å²) in [5.74, 6) is -7.99. The van der Waals surface area contributed by atoms with Crippen molar-refractivity contribution in [2.45, 2.75) is 285 Å². The lowest BCUT2D eigenvalue weighted by molar-refractivity contribution is -0.136. The number of rotatable bonds is 51. The molecule has 0 aromatic carbocycles. The highest BCUT2D eigenvalue weighted by molar-refractivity contribution is 5.99. The van der Waals surface area contributed by atoms with E-state index in [-0.39, 0.29) is 112 Å². The largest absolute Gasteiger partial charge is 0.368 e. The Kier molecular flexibility index (Phi) is 44.7. The van der Waals surface area contributed by atoms with Gasteiger partial charge in [-0.05, 0) is 183 Å². The van der Waals surface area contributed by atoms with Gasteiger partial charge in [0.25, 0.3) is 0 Å². The zero-order valence-electron chi connectivity index (χ0n) is 59.1. The Hall–Kier alpha value is -6.03. The van der Waals surface area contributed by atoms with E-state index in [4.69, 9.17) is 34.4 Å². The Balaban J connectivity index is 7.03. The maximum Gasteiger partial charge on any atom is 0.243 e. The first-order valence-corrected chi connectivity index (χ1v) is 34.5. The number of carbonyl (C=O) groups is 11. The lowest BCUT2D eigenvalue weighted by Gasteiger charge is -2.30. The normalized spacial score (nSPS) is 15.2. The van der Waals surface area contributed by atoms with Crippen LogP contribution in [0.25, 0.3) is 0 Å². The minimum atomic E-state index is -1.23. The molecule has 0 saturated carbocycles. The average Bonchev–Trinajstić information content (AvgIpc) is 1.72. The van der Waals surface area contributed by atoms with Crippen molar-refractivity contribution in [3.8, 4) is 0 Å². The highest BCUT2D eigenvalue weighted by Crippen LogP contribution is 2.17. The fraction of sp³-hybridized carbons (Fsp3) is 0.833. The molecule has 0 unspecified atom stereocenters. The number of nitrogens with two attached hydrogens (primary N) is 6. The van der Waals surface area contributed by atoms with E-state index in [0.29, 0.717) is 77.4 Å². The van der Waals surface area contributed by atoms with Crippen molar-refractivity contribution in [1.82, 2.24) is 53.2 Å². The first-order chi connectivity index (χ1) is 43.6. The Morgan fingerprint density at radius 2 is 0.398 bits per heavy atom. The lowest BCUT2D eigenvalue weighted by atomic mass is 9.98. The van der Waals surface area contributed by atoms with Crippen LogP contribution in [0.5, 0.6) is 0 Å². The molecule has 27 heteroatoms. The molecule has 0 aromatic heterocycles. The van der Waals surface area contributed by atoms with Crippen molar-refractivity contribution in [2.24, 2.45) is 75.8 Å². The van der Waals surface area contributed by atoms with Gasteiger partial charge in [0.2, 0.25) is 65.0 Å². The molecule has 0 aliphatic carbocycles. The van der Waals surface area contributed by atoms with E-state index in [1.54, 1.807) is 0 Å². The topological polar surface area (TPSA) is 464 Å². The summed E-state index contributed by atoms with van der Waals surface area (Å²) in [5, 5.41) is 28.1. The summed E-state index contributed by atoms with van der Waals surface area (Å²) < 4.78 is 0. The predicted molar refractivity (Wildman–Crippen MR) is 364 cm³/mol. The van der Waals surface area contributed by atoms with Crippen LogP contribution in [0.4, 0.5) is 0 Å². The monoisotopic (exact) mass is 1320 g/mol. The van der Waals surface area contributed by atoms with Gasteiger partial charge in [-0.3, -0.25) is 52.7 Å². The minimum absolute atomic E-state index is 0.0280. The van der Waals surface area contributed by atoms with E-state index in [1.807, 2.05) is 96.9 Å². The van der Waals surface area contributed by atoms with E-state index in [1.165, 1.54) is 0 Å². The van der Waals surface area contributed by atoms with E-state index in [9.17, 15) is 52.7 Å². The summed E-state index contributed by atoms with van der Waals surface area (Å²) in [6.45, 7) is 27.5. The Labute approximate surface area is 556 Å². The van der Waals surface area contributed by atoms with Gasteiger partial charge in [-0.25, -0.2) is 0 Å². The van der Waals surface area contributed by atoms with Crippen LogP contribution in [0.15, 0.2) is 0 Å². The summed E-state index contributed by atoms with van der Waals surface area (Å²) in [5.41, 5.74) is 34.9. The number of nitrogens with one attached hydrogen (secondary N) is 10. The van der Waals surface area contributed by atoms with Crippen LogP contribution < -0.4 is 87.6 Å². The van der Waals surface area contributed by atoms with Gasteiger partial charge >= 0.3 is 0 Å². The van der Waals surface area contributed by atoms with Gasteiger partial charge in [-0.1, -0.05) is 103 Å². The molecule has 0 fully saturated rings. The third-order valence-electron chi connectivity index (χ3n) is 15.5. The van der Waals surface area contributed by atoms with Gasteiger partial charge in [0.05, 0.1) is 6.04 Å². The van der Waals surface area contributed by atoms with Crippen LogP contribution in [-0.2, 0) is 52.7 Å². The number of hydrogen-bond donors (Lipinski definition) is 16. The molecule has 0 spiro atoms. The molecular formula is C66H128N16O11. The summed E-state index contributed by atoms with van der Waals surface area (Å²) in [7, 11) is 0. The van der Waals surface area contributed by atoms with E-state index in [0.717, 1.165) is 0 Å². The Morgan fingerprint density at radius 3 is 0.591 bits per heavy atom. The molecule has 0 aliphatic rings. The van der Waals surface area contributed by atoms with Gasteiger partial charge in [-0.15, -0.1) is 0 Å². The van der Waals surface area contributed by atoms with Crippen molar-refractivity contribution in [3.63, 3.8) is 0 Å². The average molecular weight is 1320 g/mol. The lowest BCUT2D eigenvalue weighted by Crippen LogP contribution is -2.61. The predicted octanol–water partition coefficient (Wildman–Crippen LogP) is 1.49. The van der Waals surface area contributed by atoms with Crippen LogP contribution >= 0.6 is 0 Å². The second kappa shape index (κ2) is 47.8. The smallest absolute Gasteiger partial charge is 0.243 e. The second-order valence-corrected chi connectivity index (χ2v) is 28.2. The first-order valence-electron chi connectivity index (χ1n) is 34.5. The van der Waals surface area contributed by atoms with E-state index >= 15 is 0 Å². The molecule has 0 heterocycles. The second-order valence-electron chi connectivity index (χ2n) is 28.2. The van der Waals surface area contributed by atoms with Crippen molar-refractivity contribution < 1.29 is 52.7 Å². The SMILES string of the molecule is CC(C)C[C@H](NC(=O)[C@H](CC(C)C)NC(=O)[C@H](CC(C)C)NC(=O)[C@H](CCCCN)NC(=O)[C@@H](CC(C)C)NC(=O)[C@@H](CC(C)C)NC(=O)[C@@H](CCCCN)NC(=O)[C@H](CC(C)C)NC(=O)[C@H](CC(C)C)NC(=O)[C@H](CCCCN)NC(=O)[C@@H](N)CCCCN)C(N)=O. The van der Waals surface area contributed by atoms with Gasteiger partial charge in [0.15, 0.2) is 0 Å². The fourth-order valence-corrected chi connectivity index (χ4v) is 10.6. The number of unbranched alkanes of at least 4 members (excludes halogenated alkanes) is 4. The van der Waals surface area contributed by atoms with E-state index < -0.39 is 131 Å². The number of carbonyl (C=O) groups excluding carboxylic acids is 11. The summed E-state index contributed by atoms with van der Waals surface area (Å²) in [6.07, 6.45) is 6.18. The molecular weight excluding hydrogens is 1190 g/mol. The van der Waals surface area contributed by atoms with Crippen LogP contribution in [0.2, 0.25) is 0 Å². The van der Waals surface area contributed by atoms with Gasteiger partial charge in [0.1, 0.15) is 60.4 Å². The van der Waals surface area contributed by atoms with Gasteiger partial charge < -0.3 is 87.6 Å². The molecule has 0 radical (unpaired) electrons. The third-order valence-corrected chi connectivity index (χ3v) is 15.5. The van der Waals surface area contributed by atoms with E-state index in [2.05, 4.69) is 53.2 Å². The maximum atomic E-state index is 14.6. The molecule has 93 heavy (non-hydrogen) atoms. The molecule has 0 bridgehead atoms. The molecule has 27 nitrogen and oxygen atoms in total. The summed E-state index contributed by atoms with van der Waals surface area (Å²) in [6, 6.07) is -12.3. The molecule has 0 aromatic rings. The molecule has 22 N–H and O–H groups in total. The molecule has 0 saturated heterocycles. The van der Waals surface area contributed by atoms with Crippen molar-refractivity contribution in [1.29, 1.82) is 0 Å². The Bertz CT molecular complexity index is 2270. The van der Waals surface area contributed by atoms with Crippen molar-refractivity contribution in [2.75, 3.05) is 26.2 Å². The number of amides is 11. The number of primary amides is 1. The molecule has 0 aliphatic heterocycles.